The number of benzene rings is 1. The van der Waals surface area contributed by atoms with Crippen LogP contribution in [-0.4, -0.2) is 46.3 Å². The minimum absolute atomic E-state index is 0.217. The van der Waals surface area contributed by atoms with Gasteiger partial charge in [0.05, 0.1) is 20.1 Å². The fourth-order valence-electron chi connectivity index (χ4n) is 1.87. The molecule has 0 aliphatic rings. The topological polar surface area (TPSA) is 72.0 Å². The minimum Gasteiger partial charge on any atom is -0.497 e. The molecule has 2 N–H and O–H groups in total. The predicted molar refractivity (Wildman–Crippen MR) is 87.2 cm³/mol. The first-order chi connectivity index (χ1) is 10.6. The van der Waals surface area contributed by atoms with Gasteiger partial charge in [0.2, 0.25) is 0 Å². The van der Waals surface area contributed by atoms with Crippen molar-refractivity contribution in [1.82, 2.24) is 10.6 Å². The Balaban J connectivity index is 2.33. The quantitative estimate of drug-likeness (QED) is 0.450. The molecule has 0 spiro atoms. The number of hydrogen-bond acceptors (Lipinski definition) is 4. The highest BCUT2D eigenvalue weighted by Gasteiger charge is 2.13. The molecule has 0 aliphatic carbocycles. The molecule has 0 saturated carbocycles. The number of esters is 1. The lowest BCUT2D eigenvalue weighted by molar-refractivity contribution is -0.144. The summed E-state index contributed by atoms with van der Waals surface area (Å²) in [6.07, 6.45) is 0.872. The van der Waals surface area contributed by atoms with Crippen LogP contribution in [0, 0.1) is 5.92 Å². The van der Waals surface area contributed by atoms with E-state index in [2.05, 4.69) is 20.4 Å². The standard InChI is InChI=1S/C16H25N3O3/c1-12(15(20)22-4)11-19-16(17-2)18-10-9-13-5-7-14(21-3)8-6-13/h5-8,12H,9-11H2,1-4H3,(H2,17,18,19). The van der Waals surface area contributed by atoms with Crippen molar-refractivity contribution in [2.75, 3.05) is 34.4 Å². The van der Waals surface area contributed by atoms with E-state index in [0.717, 1.165) is 18.7 Å². The van der Waals surface area contributed by atoms with Crippen molar-refractivity contribution in [2.45, 2.75) is 13.3 Å². The van der Waals surface area contributed by atoms with E-state index in [1.165, 1.54) is 12.7 Å². The van der Waals surface area contributed by atoms with Crippen LogP contribution in [0.15, 0.2) is 29.3 Å². The van der Waals surface area contributed by atoms with Gasteiger partial charge in [0.15, 0.2) is 5.96 Å². The highest BCUT2D eigenvalue weighted by Crippen LogP contribution is 2.11. The van der Waals surface area contributed by atoms with E-state index in [9.17, 15) is 4.79 Å². The summed E-state index contributed by atoms with van der Waals surface area (Å²) in [5.41, 5.74) is 1.21. The number of ether oxygens (including phenoxy) is 2. The number of carbonyl (C=O) groups excluding carboxylic acids is 1. The van der Waals surface area contributed by atoms with E-state index >= 15 is 0 Å². The van der Waals surface area contributed by atoms with Crippen LogP contribution in [-0.2, 0) is 16.0 Å². The maximum Gasteiger partial charge on any atom is 0.310 e. The average molecular weight is 307 g/mol. The van der Waals surface area contributed by atoms with Gasteiger partial charge in [0, 0.05) is 20.1 Å². The Bertz CT molecular complexity index is 486. The minimum atomic E-state index is -0.235. The zero-order valence-electron chi connectivity index (χ0n) is 13.7. The van der Waals surface area contributed by atoms with E-state index in [4.69, 9.17) is 4.74 Å². The molecule has 0 aromatic heterocycles. The molecule has 22 heavy (non-hydrogen) atoms. The van der Waals surface area contributed by atoms with Crippen molar-refractivity contribution < 1.29 is 14.3 Å². The Morgan fingerprint density at radius 1 is 1.23 bits per heavy atom. The van der Waals surface area contributed by atoms with Gasteiger partial charge in [-0.2, -0.15) is 0 Å². The summed E-state index contributed by atoms with van der Waals surface area (Å²) < 4.78 is 9.82. The van der Waals surface area contributed by atoms with E-state index in [1.807, 2.05) is 31.2 Å². The molecule has 0 amide bonds. The Labute approximate surface area is 131 Å². The maximum absolute atomic E-state index is 11.3. The monoisotopic (exact) mass is 307 g/mol. The normalized spacial score (nSPS) is 12.5. The van der Waals surface area contributed by atoms with Gasteiger partial charge in [-0.05, 0) is 24.1 Å². The smallest absolute Gasteiger partial charge is 0.310 e. The molecule has 0 fully saturated rings. The second-order valence-electron chi connectivity index (χ2n) is 4.90. The first-order valence-corrected chi connectivity index (χ1v) is 7.26. The molecule has 1 atom stereocenters. The van der Waals surface area contributed by atoms with Crippen LogP contribution in [0.3, 0.4) is 0 Å². The number of aliphatic imine (C=N–C) groups is 1. The maximum atomic E-state index is 11.3. The van der Waals surface area contributed by atoms with Crippen LogP contribution in [0.2, 0.25) is 0 Å². The van der Waals surface area contributed by atoms with Gasteiger partial charge in [-0.1, -0.05) is 19.1 Å². The lowest BCUT2D eigenvalue weighted by Crippen LogP contribution is -2.41. The fraction of sp³-hybridized carbons (Fsp3) is 0.500. The molecular weight excluding hydrogens is 282 g/mol. The molecule has 1 aromatic carbocycles. The van der Waals surface area contributed by atoms with Gasteiger partial charge in [-0.15, -0.1) is 0 Å². The summed E-state index contributed by atoms with van der Waals surface area (Å²) in [4.78, 5) is 15.5. The van der Waals surface area contributed by atoms with E-state index in [0.29, 0.717) is 12.5 Å². The van der Waals surface area contributed by atoms with Gasteiger partial charge < -0.3 is 20.1 Å². The SMILES string of the molecule is CN=C(NCCc1ccc(OC)cc1)NCC(C)C(=O)OC. The highest BCUT2D eigenvalue weighted by molar-refractivity contribution is 5.80. The highest BCUT2D eigenvalue weighted by atomic mass is 16.5. The molecular formula is C16H25N3O3. The molecule has 0 bridgehead atoms. The predicted octanol–water partition coefficient (Wildman–Crippen LogP) is 1.21. The van der Waals surface area contributed by atoms with Crippen molar-refractivity contribution in [3.63, 3.8) is 0 Å². The number of hydrogen-bond donors (Lipinski definition) is 2. The molecule has 6 heteroatoms. The molecule has 0 radical (unpaired) electrons. The third kappa shape index (κ3) is 6.03. The number of methoxy groups -OCH3 is 2. The summed E-state index contributed by atoms with van der Waals surface area (Å²) >= 11 is 0. The number of nitrogens with one attached hydrogen (secondary N) is 2. The zero-order valence-corrected chi connectivity index (χ0v) is 13.7. The van der Waals surface area contributed by atoms with E-state index in [1.54, 1.807) is 14.2 Å². The fourth-order valence-corrected chi connectivity index (χ4v) is 1.87. The Morgan fingerprint density at radius 2 is 1.91 bits per heavy atom. The molecule has 1 unspecified atom stereocenters. The summed E-state index contributed by atoms with van der Waals surface area (Å²) in [7, 11) is 4.74. The second kappa shape index (κ2) is 9.65. The van der Waals surface area contributed by atoms with Crippen LogP contribution in [0.4, 0.5) is 0 Å². The van der Waals surface area contributed by atoms with E-state index in [-0.39, 0.29) is 11.9 Å². The van der Waals surface area contributed by atoms with Gasteiger partial charge >= 0.3 is 5.97 Å². The van der Waals surface area contributed by atoms with E-state index < -0.39 is 0 Å². The zero-order chi connectivity index (χ0) is 16.4. The molecule has 6 nitrogen and oxygen atoms in total. The van der Waals surface area contributed by atoms with Gasteiger partial charge in [-0.25, -0.2) is 0 Å². The number of carbonyl (C=O) groups is 1. The van der Waals surface area contributed by atoms with Gasteiger partial charge in [-0.3, -0.25) is 9.79 Å². The first-order valence-electron chi connectivity index (χ1n) is 7.26. The Hall–Kier alpha value is -2.24. The Kier molecular flexibility index (Phi) is 7.81. The molecule has 0 saturated heterocycles. The van der Waals surface area contributed by atoms with Crippen molar-refractivity contribution in [2.24, 2.45) is 10.9 Å². The third-order valence-corrected chi connectivity index (χ3v) is 3.27. The van der Waals surface area contributed by atoms with Crippen molar-refractivity contribution in [3.05, 3.63) is 29.8 Å². The Morgan fingerprint density at radius 3 is 2.45 bits per heavy atom. The van der Waals surface area contributed by atoms with Gasteiger partial charge in [0.1, 0.15) is 5.75 Å². The summed E-state index contributed by atoms with van der Waals surface area (Å²) in [6.45, 7) is 3.04. The van der Waals surface area contributed by atoms with Gasteiger partial charge in [0.25, 0.3) is 0 Å². The summed E-state index contributed by atoms with van der Waals surface area (Å²) in [5.74, 6) is 1.07. The summed E-state index contributed by atoms with van der Waals surface area (Å²) in [6, 6.07) is 7.97. The van der Waals surface area contributed by atoms with Crippen molar-refractivity contribution in [3.8, 4) is 5.75 Å². The van der Waals surface area contributed by atoms with Crippen LogP contribution < -0.4 is 15.4 Å². The number of rotatable bonds is 7. The van der Waals surface area contributed by atoms with Crippen LogP contribution in [0.25, 0.3) is 0 Å². The second-order valence-corrected chi connectivity index (χ2v) is 4.90. The lowest BCUT2D eigenvalue weighted by Gasteiger charge is -2.14. The molecule has 122 valence electrons. The molecule has 1 rings (SSSR count). The average Bonchev–Trinajstić information content (AvgIpc) is 2.57. The first kappa shape index (κ1) is 17.8. The van der Waals surface area contributed by atoms with Crippen LogP contribution in [0.1, 0.15) is 12.5 Å². The lowest BCUT2D eigenvalue weighted by atomic mass is 10.1. The molecule has 1 aromatic rings. The van der Waals surface area contributed by atoms with Crippen molar-refractivity contribution in [1.29, 1.82) is 0 Å². The molecule has 0 heterocycles. The molecule has 0 aliphatic heterocycles. The number of nitrogens with zero attached hydrogens (tertiary/aromatic N) is 1. The van der Waals surface area contributed by atoms with Crippen molar-refractivity contribution >= 4 is 11.9 Å². The van der Waals surface area contributed by atoms with Crippen LogP contribution >= 0.6 is 0 Å². The third-order valence-electron chi connectivity index (χ3n) is 3.27. The number of guanidine groups is 1. The van der Waals surface area contributed by atoms with Crippen LogP contribution in [0.5, 0.6) is 5.75 Å². The largest absolute Gasteiger partial charge is 0.497 e. The summed E-state index contributed by atoms with van der Waals surface area (Å²) in [5, 5.41) is 6.32.